The van der Waals surface area contributed by atoms with Crippen LogP contribution in [0.15, 0.2) is 36.9 Å². The molecule has 1 unspecified atom stereocenters. The first-order valence-corrected chi connectivity index (χ1v) is 5.57. The van der Waals surface area contributed by atoms with Gasteiger partial charge in [0.25, 0.3) is 0 Å². The van der Waals surface area contributed by atoms with Crippen molar-refractivity contribution in [2.45, 2.75) is 12.5 Å². The van der Waals surface area contributed by atoms with Crippen LogP contribution in [-0.4, -0.2) is 15.1 Å². The van der Waals surface area contributed by atoms with Crippen LogP contribution in [0, 0.1) is 0 Å². The van der Waals surface area contributed by atoms with Gasteiger partial charge in [0.15, 0.2) is 0 Å². The van der Waals surface area contributed by atoms with E-state index in [4.69, 9.17) is 0 Å². The van der Waals surface area contributed by atoms with E-state index in [2.05, 4.69) is 16.0 Å². The molecule has 1 N–H and O–H groups in total. The van der Waals surface area contributed by atoms with Crippen molar-refractivity contribution in [3.63, 3.8) is 0 Å². The van der Waals surface area contributed by atoms with Crippen molar-refractivity contribution in [3.8, 4) is 0 Å². The minimum atomic E-state index is -0.522. The topological polar surface area (TPSA) is 46.0 Å². The first-order chi connectivity index (χ1) is 8.34. The molecule has 0 spiro atoms. The molecule has 0 aromatic carbocycles. The van der Waals surface area contributed by atoms with E-state index in [0.29, 0.717) is 6.42 Å². The average Bonchev–Trinajstić information content (AvgIpc) is 2.36. The number of aliphatic hydroxyl groups is 1. The highest BCUT2D eigenvalue weighted by molar-refractivity contribution is 5.73. The monoisotopic (exact) mass is 224 g/mol. The average molecular weight is 224 g/mol. The number of hydrogen-bond donors (Lipinski definition) is 1. The molecule has 0 fully saturated rings. The summed E-state index contributed by atoms with van der Waals surface area (Å²) in [5.74, 6) is 0. The Balaban J connectivity index is 2.16. The lowest BCUT2D eigenvalue weighted by Crippen LogP contribution is -2.07. The van der Waals surface area contributed by atoms with Gasteiger partial charge in [-0.15, -0.1) is 0 Å². The predicted molar refractivity (Wildman–Crippen MR) is 66.1 cm³/mol. The zero-order chi connectivity index (χ0) is 11.7. The molecule has 0 amide bonds. The Morgan fingerprint density at radius 2 is 1.71 bits per heavy atom. The molecule has 0 radical (unpaired) electrons. The summed E-state index contributed by atoms with van der Waals surface area (Å²) in [6.07, 6.45) is 11.2. The molecule has 3 nitrogen and oxygen atoms in total. The second-order valence-electron chi connectivity index (χ2n) is 4.13. The Morgan fingerprint density at radius 1 is 1.00 bits per heavy atom. The summed E-state index contributed by atoms with van der Waals surface area (Å²) in [6, 6.07) is 3.88. The van der Waals surface area contributed by atoms with Gasteiger partial charge in [-0.25, -0.2) is 0 Å². The molecule has 2 aromatic rings. The molecule has 3 rings (SSSR count). The van der Waals surface area contributed by atoms with Gasteiger partial charge in [0.05, 0.1) is 6.10 Å². The fourth-order valence-electron chi connectivity index (χ4n) is 2.12. The predicted octanol–water partition coefficient (Wildman–Crippen LogP) is 2.24. The molecule has 0 saturated heterocycles. The number of aliphatic hydroxyl groups excluding tert-OH is 1. The third-order valence-corrected chi connectivity index (χ3v) is 3.04. The third kappa shape index (κ3) is 1.85. The highest BCUT2D eigenvalue weighted by atomic mass is 16.3. The maximum absolute atomic E-state index is 10.2. The third-order valence-electron chi connectivity index (χ3n) is 3.04. The number of aromatic nitrogens is 2. The molecule has 0 aliphatic heterocycles. The second-order valence-corrected chi connectivity index (χ2v) is 4.13. The van der Waals surface area contributed by atoms with Crippen LogP contribution >= 0.6 is 0 Å². The van der Waals surface area contributed by atoms with Crippen molar-refractivity contribution in [1.29, 1.82) is 0 Å². The van der Waals surface area contributed by atoms with Crippen molar-refractivity contribution in [2.75, 3.05) is 0 Å². The number of hydrogen-bond acceptors (Lipinski definition) is 3. The van der Waals surface area contributed by atoms with Gasteiger partial charge in [0.1, 0.15) is 0 Å². The number of rotatable bonds is 0. The first-order valence-electron chi connectivity index (χ1n) is 5.57. The largest absolute Gasteiger partial charge is 0.388 e. The SMILES string of the molecule is OC1Cc2cnccc2C=Cc2ccncc21. The van der Waals surface area contributed by atoms with Crippen LogP contribution in [-0.2, 0) is 6.42 Å². The zero-order valence-corrected chi connectivity index (χ0v) is 9.24. The van der Waals surface area contributed by atoms with Crippen molar-refractivity contribution in [3.05, 3.63) is 59.2 Å². The molecule has 3 heteroatoms. The van der Waals surface area contributed by atoms with E-state index in [9.17, 15) is 5.11 Å². The summed E-state index contributed by atoms with van der Waals surface area (Å²) in [4.78, 5) is 8.17. The summed E-state index contributed by atoms with van der Waals surface area (Å²) in [5, 5.41) is 10.2. The molecule has 2 aromatic heterocycles. The van der Waals surface area contributed by atoms with Gasteiger partial charge in [-0.1, -0.05) is 12.2 Å². The lowest BCUT2D eigenvalue weighted by Gasteiger charge is -2.17. The maximum Gasteiger partial charge on any atom is 0.0851 e. The quantitative estimate of drug-likeness (QED) is 0.746. The second kappa shape index (κ2) is 4.11. The lowest BCUT2D eigenvalue weighted by molar-refractivity contribution is 0.177. The minimum Gasteiger partial charge on any atom is -0.388 e. The highest BCUT2D eigenvalue weighted by Gasteiger charge is 2.15. The van der Waals surface area contributed by atoms with Crippen LogP contribution in [0.3, 0.4) is 0 Å². The van der Waals surface area contributed by atoms with E-state index in [1.165, 1.54) is 0 Å². The number of fused-ring (bicyclic) bond motifs is 2. The first kappa shape index (κ1) is 10.2. The van der Waals surface area contributed by atoms with Crippen molar-refractivity contribution < 1.29 is 5.11 Å². The summed E-state index contributed by atoms with van der Waals surface area (Å²) in [7, 11) is 0. The Morgan fingerprint density at radius 3 is 2.59 bits per heavy atom. The van der Waals surface area contributed by atoms with Crippen LogP contribution in [0.1, 0.15) is 28.4 Å². The summed E-state index contributed by atoms with van der Waals surface area (Å²) in [5.41, 5.74) is 4.07. The molecule has 1 aliphatic carbocycles. The van der Waals surface area contributed by atoms with E-state index in [0.717, 1.165) is 22.3 Å². The number of nitrogens with zero attached hydrogens (tertiary/aromatic N) is 2. The summed E-state index contributed by atoms with van der Waals surface area (Å²) in [6.45, 7) is 0. The lowest BCUT2D eigenvalue weighted by atomic mass is 9.93. The Labute approximate surface area is 99.5 Å². The van der Waals surface area contributed by atoms with Crippen LogP contribution < -0.4 is 0 Å². The molecule has 0 bridgehead atoms. The number of pyridine rings is 2. The molecular weight excluding hydrogens is 212 g/mol. The minimum absolute atomic E-state index is 0.522. The molecular formula is C14H12N2O. The van der Waals surface area contributed by atoms with Gasteiger partial charge in [-0.05, 0) is 28.8 Å². The molecule has 1 aliphatic rings. The van der Waals surface area contributed by atoms with Crippen LogP contribution in [0.2, 0.25) is 0 Å². The van der Waals surface area contributed by atoms with Gasteiger partial charge in [-0.2, -0.15) is 0 Å². The van der Waals surface area contributed by atoms with Gasteiger partial charge in [-0.3, -0.25) is 9.97 Å². The zero-order valence-electron chi connectivity index (χ0n) is 9.24. The molecule has 2 heterocycles. The van der Waals surface area contributed by atoms with Crippen LogP contribution in [0.4, 0.5) is 0 Å². The van der Waals surface area contributed by atoms with E-state index in [1.54, 1.807) is 18.6 Å². The standard InChI is InChI=1S/C14H12N2O/c17-14-7-12-8-15-5-3-10(12)1-2-11-4-6-16-9-13(11)14/h1-6,8-9,14,17H,7H2. The maximum atomic E-state index is 10.2. The van der Waals surface area contributed by atoms with E-state index < -0.39 is 6.10 Å². The van der Waals surface area contributed by atoms with Crippen LogP contribution in [0.25, 0.3) is 12.2 Å². The van der Waals surface area contributed by atoms with Crippen molar-refractivity contribution >= 4 is 12.2 Å². The normalized spacial score (nSPS) is 17.8. The van der Waals surface area contributed by atoms with Crippen molar-refractivity contribution in [1.82, 2.24) is 9.97 Å². The Kier molecular flexibility index (Phi) is 2.46. The van der Waals surface area contributed by atoms with Gasteiger partial charge in [0, 0.05) is 36.8 Å². The summed E-state index contributed by atoms with van der Waals surface area (Å²) >= 11 is 0. The van der Waals surface area contributed by atoms with E-state index in [1.807, 2.05) is 24.4 Å². The molecule has 0 saturated carbocycles. The molecule has 1 atom stereocenters. The van der Waals surface area contributed by atoms with E-state index in [-0.39, 0.29) is 0 Å². The highest BCUT2D eigenvalue weighted by Crippen LogP contribution is 2.27. The Hall–Kier alpha value is -2.00. The van der Waals surface area contributed by atoms with Crippen LogP contribution in [0.5, 0.6) is 0 Å². The Bertz CT molecular complexity index is 578. The molecule has 17 heavy (non-hydrogen) atoms. The summed E-state index contributed by atoms with van der Waals surface area (Å²) < 4.78 is 0. The smallest absolute Gasteiger partial charge is 0.0851 e. The van der Waals surface area contributed by atoms with E-state index >= 15 is 0 Å². The van der Waals surface area contributed by atoms with Gasteiger partial charge >= 0.3 is 0 Å². The molecule has 84 valence electrons. The van der Waals surface area contributed by atoms with Crippen molar-refractivity contribution in [2.24, 2.45) is 0 Å². The van der Waals surface area contributed by atoms with Gasteiger partial charge in [0.2, 0.25) is 0 Å². The fourth-order valence-corrected chi connectivity index (χ4v) is 2.12. The van der Waals surface area contributed by atoms with Gasteiger partial charge < -0.3 is 5.11 Å². The fraction of sp³-hybridized carbons (Fsp3) is 0.143.